The van der Waals surface area contributed by atoms with Gasteiger partial charge in [0.1, 0.15) is 5.75 Å². The number of carbonyl (C=O) groups is 1. The largest absolute Gasteiger partial charge is 0.424 e. The molecule has 27 heavy (non-hydrogen) atoms. The number of nitrogens with one attached hydrogen (secondary N) is 1. The average molecular weight is 423 g/mol. The Morgan fingerprint density at radius 3 is 2.15 bits per heavy atom. The van der Waals surface area contributed by atoms with Crippen LogP contribution in [0, 0.1) is 13.8 Å². The third-order valence-electron chi connectivity index (χ3n) is 3.55. The molecule has 0 spiro atoms. The highest BCUT2D eigenvalue weighted by atomic mass is 35.5. The van der Waals surface area contributed by atoms with Crippen LogP contribution in [0.5, 0.6) is 11.8 Å². The smallest absolute Gasteiger partial charge is 0.322 e. The van der Waals surface area contributed by atoms with Gasteiger partial charge in [0.25, 0.3) is 5.91 Å². The van der Waals surface area contributed by atoms with Crippen molar-refractivity contribution in [1.29, 1.82) is 0 Å². The second-order valence-electron chi connectivity index (χ2n) is 5.73. The van der Waals surface area contributed by atoms with Crippen LogP contribution >= 0.6 is 34.8 Å². The minimum Gasteiger partial charge on any atom is -0.424 e. The van der Waals surface area contributed by atoms with Crippen molar-refractivity contribution in [3.05, 3.63) is 74.5 Å². The van der Waals surface area contributed by atoms with Crippen LogP contribution in [-0.2, 0) is 0 Å². The molecule has 0 atom stereocenters. The van der Waals surface area contributed by atoms with Crippen LogP contribution in [0.2, 0.25) is 15.1 Å². The number of halogens is 3. The molecule has 0 unspecified atom stereocenters. The number of anilines is 1. The summed E-state index contributed by atoms with van der Waals surface area (Å²) in [5, 5.41) is 3.30. The number of hydrogen-bond acceptors (Lipinski definition) is 4. The van der Waals surface area contributed by atoms with Gasteiger partial charge in [0.2, 0.25) is 0 Å². The molecule has 3 rings (SSSR count). The molecule has 0 bridgehead atoms. The Morgan fingerprint density at radius 2 is 1.52 bits per heavy atom. The number of aryl methyl sites for hydroxylation is 2. The van der Waals surface area contributed by atoms with E-state index in [1.807, 2.05) is 19.9 Å². The highest BCUT2D eigenvalue weighted by molar-refractivity contribution is 6.46. The standard InChI is InChI=1S/C19H14Cl3N3O2/c1-10-9-11(2)24-19(23-10)27-13-5-3-12(4-6-13)25-18(26)16-14(20)7-8-15(21)17(16)22/h3-9H,1-2H3,(H,25,26). The Morgan fingerprint density at radius 1 is 0.926 bits per heavy atom. The SMILES string of the molecule is Cc1cc(C)nc(Oc2ccc(NC(=O)c3c(Cl)ccc(Cl)c3Cl)cc2)n1. The van der Waals surface area contributed by atoms with E-state index in [-0.39, 0.29) is 26.6 Å². The van der Waals surface area contributed by atoms with E-state index in [0.717, 1.165) is 11.4 Å². The Hall–Kier alpha value is -2.34. The van der Waals surface area contributed by atoms with E-state index in [4.69, 9.17) is 39.5 Å². The molecule has 0 aliphatic carbocycles. The quantitative estimate of drug-likeness (QED) is 0.516. The van der Waals surface area contributed by atoms with Crippen LogP contribution in [-0.4, -0.2) is 15.9 Å². The van der Waals surface area contributed by atoms with Gasteiger partial charge < -0.3 is 10.1 Å². The molecule has 1 amide bonds. The third-order valence-corrected chi connectivity index (χ3v) is 4.67. The second kappa shape index (κ2) is 8.13. The monoisotopic (exact) mass is 421 g/mol. The summed E-state index contributed by atoms with van der Waals surface area (Å²) in [5.74, 6) is 0.0793. The zero-order chi connectivity index (χ0) is 19.6. The van der Waals surface area contributed by atoms with Gasteiger partial charge in [-0.05, 0) is 56.3 Å². The Kier molecular flexibility index (Phi) is 5.85. The van der Waals surface area contributed by atoms with Gasteiger partial charge in [0.05, 0.1) is 20.6 Å². The molecular weight excluding hydrogens is 409 g/mol. The van der Waals surface area contributed by atoms with Gasteiger partial charge in [-0.2, -0.15) is 0 Å². The summed E-state index contributed by atoms with van der Waals surface area (Å²) >= 11 is 18.1. The summed E-state index contributed by atoms with van der Waals surface area (Å²) in [6, 6.07) is 11.9. The third kappa shape index (κ3) is 4.69. The van der Waals surface area contributed by atoms with Crippen molar-refractivity contribution < 1.29 is 9.53 Å². The topological polar surface area (TPSA) is 64.1 Å². The van der Waals surface area contributed by atoms with Crippen molar-refractivity contribution in [2.24, 2.45) is 0 Å². The predicted molar refractivity (Wildman–Crippen MR) is 107 cm³/mol. The maximum atomic E-state index is 12.5. The van der Waals surface area contributed by atoms with Crippen molar-refractivity contribution in [3.63, 3.8) is 0 Å². The van der Waals surface area contributed by atoms with Crippen molar-refractivity contribution in [2.45, 2.75) is 13.8 Å². The van der Waals surface area contributed by atoms with E-state index >= 15 is 0 Å². The van der Waals surface area contributed by atoms with Crippen LogP contribution in [0.4, 0.5) is 5.69 Å². The van der Waals surface area contributed by atoms with Gasteiger partial charge in [0, 0.05) is 17.1 Å². The van der Waals surface area contributed by atoms with Crippen LogP contribution in [0.1, 0.15) is 21.7 Å². The molecule has 0 saturated heterocycles. The summed E-state index contributed by atoms with van der Waals surface area (Å²) in [6.45, 7) is 3.73. The minimum absolute atomic E-state index is 0.105. The molecule has 1 aromatic heterocycles. The van der Waals surface area contributed by atoms with E-state index in [9.17, 15) is 4.79 Å². The van der Waals surface area contributed by atoms with E-state index in [0.29, 0.717) is 11.4 Å². The molecule has 0 aliphatic heterocycles. The first-order valence-electron chi connectivity index (χ1n) is 7.88. The van der Waals surface area contributed by atoms with E-state index in [1.54, 1.807) is 24.3 Å². The van der Waals surface area contributed by atoms with E-state index < -0.39 is 5.91 Å². The fourth-order valence-electron chi connectivity index (χ4n) is 2.38. The maximum Gasteiger partial charge on any atom is 0.322 e. The molecule has 2 aromatic carbocycles. The number of rotatable bonds is 4. The second-order valence-corrected chi connectivity index (χ2v) is 6.92. The summed E-state index contributed by atoms with van der Waals surface area (Å²) in [5.41, 5.74) is 2.30. The molecular formula is C19H14Cl3N3O2. The Bertz CT molecular complexity index is 988. The molecule has 0 fully saturated rings. The highest BCUT2D eigenvalue weighted by Gasteiger charge is 2.17. The average Bonchev–Trinajstić information content (AvgIpc) is 2.59. The normalized spacial score (nSPS) is 10.6. The van der Waals surface area contributed by atoms with Crippen LogP contribution in [0.3, 0.4) is 0 Å². The van der Waals surface area contributed by atoms with Gasteiger partial charge >= 0.3 is 6.01 Å². The van der Waals surface area contributed by atoms with E-state index in [2.05, 4.69) is 15.3 Å². The number of aromatic nitrogens is 2. The first kappa shape index (κ1) is 19.4. The lowest BCUT2D eigenvalue weighted by molar-refractivity contribution is 0.102. The maximum absolute atomic E-state index is 12.5. The molecule has 1 N–H and O–H groups in total. The number of ether oxygens (including phenoxy) is 1. The molecule has 1 heterocycles. The number of amides is 1. The first-order valence-corrected chi connectivity index (χ1v) is 9.02. The van der Waals surface area contributed by atoms with Crippen LogP contribution in [0.25, 0.3) is 0 Å². The lowest BCUT2D eigenvalue weighted by atomic mass is 10.2. The van der Waals surface area contributed by atoms with Crippen molar-refractivity contribution in [3.8, 4) is 11.8 Å². The lowest BCUT2D eigenvalue weighted by Crippen LogP contribution is -2.13. The van der Waals surface area contributed by atoms with Gasteiger partial charge in [-0.1, -0.05) is 34.8 Å². The van der Waals surface area contributed by atoms with E-state index in [1.165, 1.54) is 12.1 Å². The number of benzene rings is 2. The highest BCUT2D eigenvalue weighted by Crippen LogP contribution is 2.32. The minimum atomic E-state index is -0.459. The van der Waals surface area contributed by atoms with Gasteiger partial charge in [-0.15, -0.1) is 0 Å². The Labute approximate surface area is 171 Å². The zero-order valence-corrected chi connectivity index (χ0v) is 16.7. The van der Waals surface area contributed by atoms with Gasteiger partial charge in [-0.3, -0.25) is 4.79 Å². The molecule has 0 aliphatic rings. The molecule has 0 saturated carbocycles. The van der Waals surface area contributed by atoms with Crippen LogP contribution in [0.15, 0.2) is 42.5 Å². The fraction of sp³-hybridized carbons (Fsp3) is 0.105. The predicted octanol–water partition coefficient (Wildman–Crippen LogP) is 6.10. The molecule has 0 radical (unpaired) electrons. The summed E-state index contributed by atoms with van der Waals surface area (Å²) in [7, 11) is 0. The van der Waals surface area contributed by atoms with Gasteiger partial charge in [0.15, 0.2) is 0 Å². The van der Waals surface area contributed by atoms with Crippen molar-refractivity contribution in [2.75, 3.05) is 5.32 Å². The summed E-state index contributed by atoms with van der Waals surface area (Å²) in [4.78, 5) is 20.9. The molecule has 5 nitrogen and oxygen atoms in total. The Balaban J connectivity index is 1.74. The zero-order valence-electron chi connectivity index (χ0n) is 14.4. The lowest BCUT2D eigenvalue weighted by Gasteiger charge is -2.10. The first-order chi connectivity index (χ1) is 12.8. The molecule has 138 valence electrons. The molecule has 3 aromatic rings. The summed E-state index contributed by atoms with van der Waals surface area (Å²) < 4.78 is 5.64. The van der Waals surface area contributed by atoms with Crippen molar-refractivity contribution >= 4 is 46.4 Å². The molecule has 8 heteroatoms. The fourth-order valence-corrected chi connectivity index (χ4v) is 3.08. The number of carbonyl (C=O) groups excluding carboxylic acids is 1. The van der Waals surface area contributed by atoms with Gasteiger partial charge in [-0.25, -0.2) is 9.97 Å². The number of hydrogen-bond donors (Lipinski definition) is 1. The summed E-state index contributed by atoms with van der Waals surface area (Å²) in [6.07, 6.45) is 0. The number of nitrogens with zero attached hydrogens (tertiary/aromatic N) is 2. The van der Waals surface area contributed by atoms with Crippen molar-refractivity contribution in [1.82, 2.24) is 9.97 Å². The van der Waals surface area contributed by atoms with Crippen LogP contribution < -0.4 is 10.1 Å².